The number of nitrogens with zero attached hydrogens (tertiary/aromatic N) is 4. The molecule has 0 radical (unpaired) electrons. The molecular weight excluding hydrogens is 398 g/mol. The van der Waals surface area contributed by atoms with Gasteiger partial charge in [0.2, 0.25) is 12.7 Å². The fourth-order valence-electron chi connectivity index (χ4n) is 2.65. The van der Waals surface area contributed by atoms with Crippen LogP contribution in [0.3, 0.4) is 0 Å². The summed E-state index contributed by atoms with van der Waals surface area (Å²) in [6, 6.07) is 5.65. The number of hydrogen-bond acceptors (Lipinski definition) is 8. The van der Waals surface area contributed by atoms with E-state index in [2.05, 4.69) is 20.5 Å². The number of amides is 1. The van der Waals surface area contributed by atoms with Gasteiger partial charge in [-0.1, -0.05) is 11.8 Å². The summed E-state index contributed by atoms with van der Waals surface area (Å²) >= 11 is 2.82. The van der Waals surface area contributed by atoms with E-state index in [-0.39, 0.29) is 18.0 Å². The average molecular weight is 418 g/mol. The summed E-state index contributed by atoms with van der Waals surface area (Å²) in [6.45, 7) is 5.97. The molecule has 8 nitrogen and oxygen atoms in total. The number of thiazole rings is 1. The Labute approximate surface area is 170 Å². The molecule has 146 valence electrons. The van der Waals surface area contributed by atoms with Gasteiger partial charge in [0.15, 0.2) is 27.6 Å². The Bertz CT molecular complexity index is 1030. The zero-order chi connectivity index (χ0) is 19.8. The first-order valence-electron chi connectivity index (χ1n) is 8.63. The molecule has 3 aromatic rings. The fourth-order valence-corrected chi connectivity index (χ4v) is 4.28. The maximum Gasteiger partial charge on any atom is 0.239 e. The third-order valence-electron chi connectivity index (χ3n) is 4.38. The Balaban J connectivity index is 1.47. The summed E-state index contributed by atoms with van der Waals surface area (Å²) < 4.78 is 12.6. The molecule has 1 N–H and O–H groups in total. The third-order valence-corrected chi connectivity index (χ3v) is 6.50. The van der Waals surface area contributed by atoms with Crippen LogP contribution in [-0.4, -0.2) is 37.7 Å². The first kappa shape index (κ1) is 18.8. The molecule has 1 amide bonds. The van der Waals surface area contributed by atoms with Crippen LogP contribution in [-0.2, 0) is 11.8 Å². The average Bonchev–Trinajstić information content (AvgIpc) is 3.35. The Morgan fingerprint density at radius 2 is 2.07 bits per heavy atom. The van der Waals surface area contributed by atoms with Crippen molar-refractivity contribution >= 4 is 34.1 Å². The monoisotopic (exact) mass is 417 g/mol. The summed E-state index contributed by atoms with van der Waals surface area (Å²) in [5.74, 6) is 1.99. The number of nitrogens with one attached hydrogen (secondary N) is 1. The normalized spacial score (nSPS) is 13.6. The quantitative estimate of drug-likeness (QED) is 0.636. The van der Waals surface area contributed by atoms with E-state index in [1.54, 1.807) is 0 Å². The first-order chi connectivity index (χ1) is 13.4. The van der Waals surface area contributed by atoms with Gasteiger partial charge in [-0.2, -0.15) is 0 Å². The number of carbonyl (C=O) groups excluding carboxylic acids is 1. The second-order valence-corrected chi connectivity index (χ2v) is 8.85. The molecule has 0 saturated heterocycles. The van der Waals surface area contributed by atoms with Crippen LogP contribution >= 0.6 is 23.1 Å². The summed E-state index contributed by atoms with van der Waals surface area (Å²) in [5.41, 5.74) is 1.80. The highest BCUT2D eigenvalue weighted by Gasteiger charge is 2.22. The van der Waals surface area contributed by atoms with Gasteiger partial charge in [-0.3, -0.25) is 4.79 Å². The van der Waals surface area contributed by atoms with E-state index < -0.39 is 0 Å². The Hall–Kier alpha value is -2.59. The van der Waals surface area contributed by atoms with Gasteiger partial charge in [-0.05, 0) is 39.0 Å². The van der Waals surface area contributed by atoms with E-state index in [1.165, 1.54) is 23.1 Å². The van der Waals surface area contributed by atoms with Crippen molar-refractivity contribution < 1.29 is 14.3 Å². The highest BCUT2D eigenvalue weighted by Crippen LogP contribution is 2.36. The maximum absolute atomic E-state index is 12.5. The molecule has 0 aliphatic carbocycles. The summed E-state index contributed by atoms with van der Waals surface area (Å²) in [6.07, 6.45) is 0. The predicted octanol–water partition coefficient (Wildman–Crippen LogP) is 3.40. The fraction of sp³-hybridized carbons (Fsp3) is 0.333. The molecular formula is C18H19N5O3S2. The number of hydrogen-bond donors (Lipinski definition) is 1. The van der Waals surface area contributed by atoms with Gasteiger partial charge in [-0.25, -0.2) is 4.98 Å². The van der Waals surface area contributed by atoms with E-state index in [9.17, 15) is 4.79 Å². The van der Waals surface area contributed by atoms with Gasteiger partial charge in [0.1, 0.15) is 0 Å². The van der Waals surface area contributed by atoms with Crippen molar-refractivity contribution in [1.29, 1.82) is 0 Å². The predicted molar refractivity (Wildman–Crippen MR) is 108 cm³/mol. The van der Waals surface area contributed by atoms with Gasteiger partial charge in [0.25, 0.3) is 0 Å². The Kier molecular flexibility index (Phi) is 4.98. The van der Waals surface area contributed by atoms with Gasteiger partial charge < -0.3 is 19.4 Å². The van der Waals surface area contributed by atoms with E-state index in [4.69, 9.17) is 9.47 Å². The van der Waals surface area contributed by atoms with Crippen molar-refractivity contribution in [3.05, 3.63) is 28.8 Å². The topological polar surface area (TPSA) is 91.2 Å². The van der Waals surface area contributed by atoms with Crippen molar-refractivity contribution in [2.24, 2.45) is 7.05 Å². The zero-order valence-corrected chi connectivity index (χ0v) is 17.5. The van der Waals surface area contributed by atoms with Crippen LogP contribution in [0.1, 0.15) is 17.5 Å². The van der Waals surface area contributed by atoms with E-state index in [0.29, 0.717) is 21.9 Å². The minimum Gasteiger partial charge on any atom is -0.454 e. The Morgan fingerprint density at radius 1 is 1.29 bits per heavy atom. The van der Waals surface area contributed by atoms with Crippen molar-refractivity contribution in [2.45, 2.75) is 31.2 Å². The molecule has 0 spiro atoms. The van der Waals surface area contributed by atoms with Gasteiger partial charge >= 0.3 is 0 Å². The lowest BCUT2D eigenvalue weighted by atomic mass is 10.2. The minimum absolute atomic E-state index is 0.119. The zero-order valence-electron chi connectivity index (χ0n) is 15.8. The first-order valence-corrected chi connectivity index (χ1v) is 10.3. The van der Waals surface area contributed by atoms with Gasteiger partial charge in [-0.15, -0.1) is 21.5 Å². The number of anilines is 1. The molecule has 1 atom stereocenters. The third kappa shape index (κ3) is 3.57. The van der Waals surface area contributed by atoms with Gasteiger partial charge in [0, 0.05) is 17.5 Å². The molecule has 28 heavy (non-hydrogen) atoms. The van der Waals surface area contributed by atoms with Crippen LogP contribution < -0.4 is 14.8 Å². The van der Waals surface area contributed by atoms with Crippen LogP contribution in [0.4, 0.5) is 5.13 Å². The van der Waals surface area contributed by atoms with E-state index >= 15 is 0 Å². The smallest absolute Gasteiger partial charge is 0.239 e. The minimum atomic E-state index is -0.350. The van der Waals surface area contributed by atoms with E-state index in [0.717, 1.165) is 21.9 Å². The molecule has 0 bridgehead atoms. The molecule has 4 rings (SSSR count). The molecule has 1 aliphatic heterocycles. The molecule has 3 heterocycles. The number of aromatic nitrogens is 4. The lowest BCUT2D eigenvalue weighted by Gasteiger charge is -2.10. The number of fused-ring (bicyclic) bond motifs is 1. The lowest BCUT2D eigenvalue weighted by Crippen LogP contribution is -2.22. The number of benzene rings is 1. The van der Waals surface area contributed by atoms with Crippen LogP contribution in [0.15, 0.2) is 23.4 Å². The standard InChI is InChI=1S/C18H19N5O3S2/c1-9-10(2)27-17(19-9)20-16(24)11(3)28-18-22-21-15(23(18)4)12-5-6-13-14(7-12)26-8-25-13/h5-7,11H,8H2,1-4H3,(H,19,20,24). The van der Waals surface area contributed by atoms with Crippen LogP contribution in [0.5, 0.6) is 11.5 Å². The maximum atomic E-state index is 12.5. The van der Waals surface area contributed by atoms with Crippen LogP contribution in [0, 0.1) is 13.8 Å². The SMILES string of the molecule is Cc1nc(NC(=O)C(C)Sc2nnc(-c3ccc4c(c3)OCO4)n2C)sc1C. The number of thioether (sulfide) groups is 1. The molecule has 2 aromatic heterocycles. The largest absolute Gasteiger partial charge is 0.454 e. The van der Waals surface area contributed by atoms with Gasteiger partial charge in [0.05, 0.1) is 10.9 Å². The van der Waals surface area contributed by atoms with Crippen molar-refractivity contribution in [1.82, 2.24) is 19.7 Å². The lowest BCUT2D eigenvalue weighted by molar-refractivity contribution is -0.115. The number of ether oxygens (including phenoxy) is 2. The molecule has 1 unspecified atom stereocenters. The second-order valence-electron chi connectivity index (χ2n) is 6.34. The number of rotatable bonds is 5. The molecule has 0 saturated carbocycles. The molecule has 10 heteroatoms. The summed E-state index contributed by atoms with van der Waals surface area (Å²) in [7, 11) is 1.88. The molecule has 1 aliphatic rings. The number of carbonyl (C=O) groups is 1. The van der Waals surface area contributed by atoms with E-state index in [1.807, 2.05) is 50.6 Å². The van der Waals surface area contributed by atoms with Crippen LogP contribution in [0.2, 0.25) is 0 Å². The second kappa shape index (κ2) is 7.44. The highest BCUT2D eigenvalue weighted by molar-refractivity contribution is 8.00. The summed E-state index contributed by atoms with van der Waals surface area (Å²) in [4.78, 5) is 17.9. The summed E-state index contributed by atoms with van der Waals surface area (Å²) in [5, 5.41) is 12.3. The van der Waals surface area contributed by atoms with Crippen LogP contribution in [0.25, 0.3) is 11.4 Å². The molecule has 1 aromatic carbocycles. The molecule has 0 fully saturated rings. The highest BCUT2D eigenvalue weighted by atomic mass is 32.2. The number of aryl methyl sites for hydroxylation is 2. The van der Waals surface area contributed by atoms with Crippen molar-refractivity contribution in [2.75, 3.05) is 12.1 Å². The van der Waals surface area contributed by atoms with Crippen molar-refractivity contribution in [3.63, 3.8) is 0 Å². The van der Waals surface area contributed by atoms with Crippen molar-refractivity contribution in [3.8, 4) is 22.9 Å². The Morgan fingerprint density at radius 3 is 2.82 bits per heavy atom.